The predicted octanol–water partition coefficient (Wildman–Crippen LogP) is 2.60. The lowest BCUT2D eigenvalue weighted by atomic mass is 10.1. The van der Waals surface area contributed by atoms with Gasteiger partial charge in [-0.05, 0) is 17.7 Å². The number of carboxylic acid groups (broad SMARTS) is 1. The number of halogens is 1. The maximum absolute atomic E-state index is 10.6. The van der Waals surface area contributed by atoms with E-state index >= 15 is 0 Å². The third-order valence-corrected chi connectivity index (χ3v) is 3.49. The Hall–Kier alpha value is -1.59. The lowest BCUT2D eigenvalue weighted by Gasteiger charge is -2.01. The van der Waals surface area contributed by atoms with Crippen molar-refractivity contribution in [3.05, 3.63) is 45.2 Å². The Balaban J connectivity index is 2.37. The van der Waals surface area contributed by atoms with Crippen LogP contribution in [-0.2, 0) is 18.3 Å². The molecular weight excluding hydrogens is 272 g/mol. The van der Waals surface area contributed by atoms with Gasteiger partial charge in [0, 0.05) is 18.6 Å². The van der Waals surface area contributed by atoms with E-state index in [0.29, 0.717) is 16.3 Å². The molecule has 0 aliphatic heterocycles. The van der Waals surface area contributed by atoms with Gasteiger partial charge in [-0.3, -0.25) is 4.79 Å². The van der Waals surface area contributed by atoms with Crippen LogP contribution >= 0.6 is 22.9 Å². The maximum Gasteiger partial charge on any atom is 0.307 e. The van der Waals surface area contributed by atoms with Gasteiger partial charge < -0.3 is 9.67 Å². The second-order valence-corrected chi connectivity index (χ2v) is 5.04. The fraction of sp³-hybridized carbons (Fsp3) is 0.167. The highest BCUT2D eigenvalue weighted by molar-refractivity contribution is 7.07. The first-order chi connectivity index (χ1) is 8.56. The van der Waals surface area contributed by atoms with E-state index in [1.54, 1.807) is 18.2 Å². The van der Waals surface area contributed by atoms with E-state index in [1.165, 1.54) is 11.3 Å². The summed E-state index contributed by atoms with van der Waals surface area (Å²) in [6, 6.07) is 5.11. The Kier molecular flexibility index (Phi) is 3.84. The average molecular weight is 283 g/mol. The number of carboxylic acids is 1. The van der Waals surface area contributed by atoms with Crippen molar-refractivity contribution < 1.29 is 9.90 Å². The van der Waals surface area contributed by atoms with Crippen LogP contribution in [0, 0.1) is 0 Å². The number of aliphatic carboxylic acids is 1. The molecule has 0 radical (unpaired) electrons. The van der Waals surface area contributed by atoms with Gasteiger partial charge in [-0.15, -0.1) is 11.3 Å². The molecule has 0 fully saturated rings. The Labute approximate surface area is 113 Å². The van der Waals surface area contributed by atoms with Crippen LogP contribution in [0.1, 0.15) is 5.56 Å². The number of aromatic nitrogens is 1. The van der Waals surface area contributed by atoms with Crippen LogP contribution < -0.4 is 4.80 Å². The van der Waals surface area contributed by atoms with Gasteiger partial charge in [0.1, 0.15) is 0 Å². The lowest BCUT2D eigenvalue weighted by Crippen LogP contribution is -2.08. The maximum atomic E-state index is 10.6. The average Bonchev–Trinajstić information content (AvgIpc) is 2.67. The monoisotopic (exact) mass is 282 g/mol. The molecule has 4 nitrogen and oxygen atoms in total. The molecule has 0 atom stereocenters. The second kappa shape index (κ2) is 5.37. The molecule has 1 aromatic carbocycles. The van der Waals surface area contributed by atoms with Gasteiger partial charge in [0.15, 0.2) is 4.80 Å². The molecule has 0 spiro atoms. The van der Waals surface area contributed by atoms with Crippen LogP contribution in [0.2, 0.25) is 5.02 Å². The van der Waals surface area contributed by atoms with E-state index in [1.807, 2.05) is 23.2 Å². The van der Waals surface area contributed by atoms with E-state index in [2.05, 4.69) is 4.99 Å². The molecule has 0 saturated carbocycles. The van der Waals surface area contributed by atoms with Crippen LogP contribution in [0.4, 0.5) is 5.69 Å². The Morgan fingerprint density at radius 2 is 2.33 bits per heavy atom. The highest BCUT2D eigenvalue weighted by atomic mass is 35.5. The molecule has 1 heterocycles. The van der Waals surface area contributed by atoms with Crippen molar-refractivity contribution in [1.29, 1.82) is 0 Å². The standard InChI is InChI=1S/C12H11ClN2O2S/c1-15-4-5-18-12(15)14-10-3-2-8(6-9(10)13)7-11(16)17/h2-6H,7H2,1H3,(H,16,17). The molecule has 94 valence electrons. The number of hydrogen-bond donors (Lipinski definition) is 1. The molecule has 0 amide bonds. The summed E-state index contributed by atoms with van der Waals surface area (Å²) in [7, 11) is 1.90. The highest BCUT2D eigenvalue weighted by Crippen LogP contribution is 2.25. The minimum Gasteiger partial charge on any atom is -0.481 e. The summed E-state index contributed by atoms with van der Waals surface area (Å²) in [6.45, 7) is 0. The summed E-state index contributed by atoms with van der Waals surface area (Å²) in [6.07, 6.45) is 1.88. The van der Waals surface area contributed by atoms with Crippen LogP contribution in [0.25, 0.3) is 0 Å². The SMILES string of the molecule is Cn1ccsc1=Nc1ccc(CC(=O)O)cc1Cl. The van der Waals surface area contributed by atoms with E-state index in [4.69, 9.17) is 16.7 Å². The van der Waals surface area contributed by atoms with Crippen LogP contribution in [0.3, 0.4) is 0 Å². The number of benzene rings is 1. The van der Waals surface area contributed by atoms with Gasteiger partial charge in [0.05, 0.1) is 17.1 Å². The molecule has 0 bridgehead atoms. The molecular formula is C12H11ClN2O2S. The van der Waals surface area contributed by atoms with E-state index in [-0.39, 0.29) is 6.42 Å². The fourth-order valence-electron chi connectivity index (χ4n) is 1.46. The lowest BCUT2D eigenvalue weighted by molar-refractivity contribution is -0.136. The number of rotatable bonds is 3. The fourth-order valence-corrected chi connectivity index (χ4v) is 2.45. The number of aryl methyl sites for hydroxylation is 1. The molecule has 0 saturated heterocycles. The zero-order chi connectivity index (χ0) is 13.1. The zero-order valence-electron chi connectivity index (χ0n) is 9.63. The van der Waals surface area contributed by atoms with E-state index in [0.717, 1.165) is 4.80 Å². The summed E-state index contributed by atoms with van der Waals surface area (Å²) < 4.78 is 1.89. The Morgan fingerprint density at radius 1 is 1.56 bits per heavy atom. The second-order valence-electron chi connectivity index (χ2n) is 3.76. The summed E-state index contributed by atoms with van der Waals surface area (Å²) in [5.41, 5.74) is 1.31. The number of nitrogens with zero attached hydrogens (tertiary/aromatic N) is 2. The third-order valence-electron chi connectivity index (χ3n) is 2.34. The van der Waals surface area contributed by atoms with Crippen molar-refractivity contribution in [2.75, 3.05) is 0 Å². The topological polar surface area (TPSA) is 54.6 Å². The summed E-state index contributed by atoms with van der Waals surface area (Å²) >= 11 is 7.60. The molecule has 1 N–H and O–H groups in total. The minimum absolute atomic E-state index is 0.0349. The van der Waals surface area contributed by atoms with Gasteiger partial charge in [-0.1, -0.05) is 17.7 Å². The normalized spacial score (nSPS) is 11.8. The van der Waals surface area contributed by atoms with Crippen LogP contribution in [-0.4, -0.2) is 15.6 Å². The Bertz CT molecular complexity index is 646. The van der Waals surface area contributed by atoms with Gasteiger partial charge >= 0.3 is 5.97 Å². The number of carbonyl (C=O) groups is 1. The molecule has 6 heteroatoms. The van der Waals surface area contributed by atoms with Crippen molar-refractivity contribution in [2.45, 2.75) is 6.42 Å². The van der Waals surface area contributed by atoms with E-state index < -0.39 is 5.97 Å². The quantitative estimate of drug-likeness (QED) is 0.941. The predicted molar refractivity (Wildman–Crippen MR) is 71.3 cm³/mol. The number of thiazole rings is 1. The van der Waals surface area contributed by atoms with Gasteiger partial charge in [-0.2, -0.15) is 0 Å². The summed E-state index contributed by atoms with van der Waals surface area (Å²) in [5, 5.41) is 11.1. The van der Waals surface area contributed by atoms with Gasteiger partial charge in [0.25, 0.3) is 0 Å². The minimum atomic E-state index is -0.875. The zero-order valence-corrected chi connectivity index (χ0v) is 11.2. The first-order valence-electron chi connectivity index (χ1n) is 5.21. The summed E-state index contributed by atoms with van der Waals surface area (Å²) in [4.78, 5) is 15.9. The molecule has 2 aromatic rings. The highest BCUT2D eigenvalue weighted by Gasteiger charge is 2.04. The van der Waals surface area contributed by atoms with Gasteiger partial charge in [0.2, 0.25) is 0 Å². The van der Waals surface area contributed by atoms with Crippen molar-refractivity contribution in [3.8, 4) is 0 Å². The molecule has 18 heavy (non-hydrogen) atoms. The molecule has 0 aliphatic rings. The largest absolute Gasteiger partial charge is 0.481 e. The molecule has 1 aromatic heterocycles. The van der Waals surface area contributed by atoms with Crippen molar-refractivity contribution >= 4 is 34.6 Å². The molecule has 2 rings (SSSR count). The van der Waals surface area contributed by atoms with Crippen LogP contribution in [0.5, 0.6) is 0 Å². The van der Waals surface area contributed by atoms with Crippen molar-refractivity contribution in [2.24, 2.45) is 12.0 Å². The van der Waals surface area contributed by atoms with Crippen molar-refractivity contribution in [1.82, 2.24) is 4.57 Å². The molecule has 0 aliphatic carbocycles. The first kappa shape index (κ1) is 12.9. The van der Waals surface area contributed by atoms with Crippen molar-refractivity contribution in [3.63, 3.8) is 0 Å². The van der Waals surface area contributed by atoms with Gasteiger partial charge in [-0.25, -0.2) is 4.99 Å². The smallest absolute Gasteiger partial charge is 0.307 e. The first-order valence-corrected chi connectivity index (χ1v) is 6.47. The van der Waals surface area contributed by atoms with Crippen LogP contribution in [0.15, 0.2) is 34.8 Å². The Morgan fingerprint density at radius 3 is 2.89 bits per heavy atom. The van der Waals surface area contributed by atoms with E-state index in [9.17, 15) is 4.79 Å². The summed E-state index contributed by atoms with van der Waals surface area (Å²) in [5.74, 6) is -0.875. The third kappa shape index (κ3) is 3.00. The number of hydrogen-bond acceptors (Lipinski definition) is 3. The molecule has 0 unspecified atom stereocenters.